The Labute approximate surface area is 89.3 Å². The molecular weight excluding hydrogens is 200 g/mol. The van der Waals surface area contributed by atoms with Crippen LogP contribution in [-0.4, -0.2) is 41.7 Å². The molecule has 0 spiro atoms. The van der Waals surface area contributed by atoms with E-state index in [-0.39, 0.29) is 30.3 Å². The van der Waals surface area contributed by atoms with E-state index in [1.165, 1.54) is 0 Å². The van der Waals surface area contributed by atoms with Gasteiger partial charge in [0, 0.05) is 37.9 Å². The van der Waals surface area contributed by atoms with Crippen molar-refractivity contribution in [2.24, 2.45) is 11.3 Å². The number of rotatable bonds is 2. The smallest absolute Gasteiger partial charge is 0.248 e. The van der Waals surface area contributed by atoms with E-state index in [0.29, 0.717) is 6.54 Å². The van der Waals surface area contributed by atoms with Gasteiger partial charge in [-0.05, 0) is 5.92 Å². The highest BCUT2D eigenvalue weighted by atomic mass is 19.3. The number of hydrogen-bond acceptors (Lipinski definition) is 2. The first-order valence-corrected chi connectivity index (χ1v) is 5.57. The van der Waals surface area contributed by atoms with Crippen LogP contribution >= 0.6 is 0 Å². The van der Waals surface area contributed by atoms with Crippen molar-refractivity contribution in [3.8, 4) is 0 Å². The van der Waals surface area contributed by atoms with Crippen molar-refractivity contribution in [3.63, 3.8) is 0 Å². The van der Waals surface area contributed by atoms with Crippen molar-refractivity contribution in [2.75, 3.05) is 19.6 Å². The maximum absolute atomic E-state index is 12.6. The molecule has 0 aromatic carbocycles. The second-order valence-corrected chi connectivity index (χ2v) is 5.83. The molecule has 0 aromatic heterocycles. The van der Waals surface area contributed by atoms with Crippen molar-refractivity contribution in [3.05, 3.63) is 0 Å². The molecule has 2 fully saturated rings. The third-order valence-corrected chi connectivity index (χ3v) is 3.66. The van der Waals surface area contributed by atoms with Crippen molar-refractivity contribution in [1.82, 2.24) is 4.90 Å². The summed E-state index contributed by atoms with van der Waals surface area (Å²) < 4.78 is 25.2. The van der Waals surface area contributed by atoms with Crippen LogP contribution in [0.5, 0.6) is 0 Å². The molecule has 0 amide bonds. The van der Waals surface area contributed by atoms with Crippen molar-refractivity contribution < 1.29 is 13.9 Å². The van der Waals surface area contributed by atoms with Crippen LogP contribution in [0, 0.1) is 11.3 Å². The van der Waals surface area contributed by atoms with Gasteiger partial charge < -0.3 is 5.11 Å². The van der Waals surface area contributed by atoms with E-state index in [2.05, 4.69) is 4.90 Å². The quantitative estimate of drug-likeness (QED) is 0.764. The molecule has 1 saturated carbocycles. The fourth-order valence-electron chi connectivity index (χ4n) is 2.66. The molecule has 4 heteroatoms. The third kappa shape index (κ3) is 2.31. The van der Waals surface area contributed by atoms with Crippen LogP contribution in [-0.2, 0) is 0 Å². The predicted molar refractivity (Wildman–Crippen MR) is 53.9 cm³/mol. The summed E-state index contributed by atoms with van der Waals surface area (Å²) in [6.45, 7) is 6.21. The SMILES string of the molecule is CC1(C)CN(CC2CC(F)(F)C2)C[C@H]1O. The van der Waals surface area contributed by atoms with E-state index < -0.39 is 5.92 Å². The van der Waals surface area contributed by atoms with E-state index in [1.54, 1.807) is 0 Å². The Morgan fingerprint density at radius 2 is 1.93 bits per heavy atom. The Bertz CT molecular complexity index is 247. The molecular formula is C11H19F2NO. The van der Waals surface area contributed by atoms with Gasteiger partial charge in [0.1, 0.15) is 0 Å². The van der Waals surface area contributed by atoms with Gasteiger partial charge in [-0.15, -0.1) is 0 Å². The fourth-order valence-corrected chi connectivity index (χ4v) is 2.66. The first-order valence-electron chi connectivity index (χ1n) is 5.57. The molecule has 0 unspecified atom stereocenters. The van der Waals surface area contributed by atoms with Crippen LogP contribution in [0.2, 0.25) is 0 Å². The summed E-state index contributed by atoms with van der Waals surface area (Å²) in [4.78, 5) is 2.12. The third-order valence-electron chi connectivity index (χ3n) is 3.66. The molecule has 2 rings (SSSR count). The summed E-state index contributed by atoms with van der Waals surface area (Å²) in [6.07, 6.45) is -0.266. The van der Waals surface area contributed by atoms with E-state index >= 15 is 0 Å². The van der Waals surface area contributed by atoms with Crippen molar-refractivity contribution in [2.45, 2.75) is 38.7 Å². The van der Waals surface area contributed by atoms with Gasteiger partial charge in [0.2, 0.25) is 5.92 Å². The minimum Gasteiger partial charge on any atom is -0.391 e. The van der Waals surface area contributed by atoms with Crippen LogP contribution in [0.15, 0.2) is 0 Å². The lowest BCUT2D eigenvalue weighted by atomic mass is 9.81. The zero-order chi connectivity index (χ0) is 11.3. The number of aliphatic hydroxyl groups is 1. The summed E-state index contributed by atoms with van der Waals surface area (Å²) in [6, 6.07) is 0. The first-order chi connectivity index (χ1) is 6.78. The number of halogens is 2. The Morgan fingerprint density at radius 3 is 2.33 bits per heavy atom. The van der Waals surface area contributed by atoms with Crippen LogP contribution in [0.25, 0.3) is 0 Å². The molecule has 2 nitrogen and oxygen atoms in total. The second kappa shape index (κ2) is 3.39. The van der Waals surface area contributed by atoms with Gasteiger partial charge in [0.15, 0.2) is 0 Å². The molecule has 0 radical (unpaired) electrons. The lowest BCUT2D eigenvalue weighted by Crippen LogP contribution is -2.42. The van der Waals surface area contributed by atoms with Gasteiger partial charge in [-0.25, -0.2) is 8.78 Å². The molecule has 15 heavy (non-hydrogen) atoms. The maximum atomic E-state index is 12.6. The topological polar surface area (TPSA) is 23.5 Å². The largest absolute Gasteiger partial charge is 0.391 e. The predicted octanol–water partition coefficient (Wildman–Crippen LogP) is 1.73. The number of hydrogen-bond donors (Lipinski definition) is 1. The Balaban J connectivity index is 1.79. The van der Waals surface area contributed by atoms with Gasteiger partial charge in [0.25, 0.3) is 0 Å². The van der Waals surface area contributed by atoms with E-state index in [1.807, 2.05) is 13.8 Å². The summed E-state index contributed by atoms with van der Waals surface area (Å²) in [5, 5.41) is 9.74. The number of nitrogens with zero attached hydrogens (tertiary/aromatic N) is 1. The molecule has 0 aromatic rings. The molecule has 88 valence electrons. The fraction of sp³-hybridized carbons (Fsp3) is 1.00. The molecule has 2 aliphatic rings. The number of aliphatic hydroxyl groups excluding tert-OH is 1. The van der Waals surface area contributed by atoms with Gasteiger partial charge in [0.05, 0.1) is 6.10 Å². The van der Waals surface area contributed by atoms with Gasteiger partial charge in [-0.1, -0.05) is 13.8 Å². The summed E-state index contributed by atoms with van der Waals surface area (Å²) >= 11 is 0. The number of β-amino-alcohol motifs (C(OH)–C–C–N with tert-alkyl or cyclic N) is 1. The summed E-state index contributed by atoms with van der Waals surface area (Å²) in [5.74, 6) is -2.29. The van der Waals surface area contributed by atoms with Crippen molar-refractivity contribution >= 4 is 0 Å². The minimum atomic E-state index is -2.42. The van der Waals surface area contributed by atoms with E-state index in [9.17, 15) is 13.9 Å². The highest BCUT2D eigenvalue weighted by molar-refractivity contribution is 4.94. The van der Waals surface area contributed by atoms with Gasteiger partial charge >= 0.3 is 0 Å². The monoisotopic (exact) mass is 219 g/mol. The number of alkyl halides is 2. The normalized spacial score (nSPS) is 35.4. The Morgan fingerprint density at radius 1 is 1.33 bits per heavy atom. The molecule has 1 aliphatic heterocycles. The molecule has 1 heterocycles. The van der Waals surface area contributed by atoms with Gasteiger partial charge in [-0.2, -0.15) is 0 Å². The highest BCUT2D eigenvalue weighted by Crippen LogP contribution is 2.43. The zero-order valence-electron chi connectivity index (χ0n) is 9.34. The van der Waals surface area contributed by atoms with Crippen LogP contribution < -0.4 is 0 Å². The molecule has 1 atom stereocenters. The lowest BCUT2D eigenvalue weighted by molar-refractivity contribution is -0.115. The first kappa shape index (κ1) is 11.3. The average Bonchev–Trinajstić information content (AvgIpc) is 2.21. The molecule has 1 N–H and O–H groups in total. The standard InChI is InChI=1S/C11H19F2NO/c1-10(2)7-14(6-9(10)15)5-8-3-11(12,13)4-8/h8-9,15H,3-7H2,1-2H3/t9-/m1/s1. The molecule has 0 bridgehead atoms. The molecule has 1 saturated heterocycles. The van der Waals surface area contributed by atoms with Crippen LogP contribution in [0.4, 0.5) is 8.78 Å². The molecule has 1 aliphatic carbocycles. The van der Waals surface area contributed by atoms with Gasteiger partial charge in [-0.3, -0.25) is 4.90 Å². The van der Waals surface area contributed by atoms with Crippen molar-refractivity contribution in [1.29, 1.82) is 0 Å². The lowest BCUT2D eigenvalue weighted by Gasteiger charge is -2.37. The zero-order valence-corrected chi connectivity index (χ0v) is 9.34. The Hall–Kier alpha value is -0.220. The van der Waals surface area contributed by atoms with E-state index in [0.717, 1.165) is 13.1 Å². The summed E-state index contributed by atoms with van der Waals surface area (Å²) in [7, 11) is 0. The van der Waals surface area contributed by atoms with E-state index in [4.69, 9.17) is 0 Å². The number of likely N-dealkylation sites (tertiary alicyclic amines) is 1. The average molecular weight is 219 g/mol. The highest BCUT2D eigenvalue weighted by Gasteiger charge is 2.47. The minimum absolute atomic E-state index is 0.0278. The second-order valence-electron chi connectivity index (χ2n) is 5.83. The summed E-state index contributed by atoms with van der Waals surface area (Å²) in [5.41, 5.74) is -0.0910. The van der Waals surface area contributed by atoms with Crippen LogP contribution in [0.1, 0.15) is 26.7 Å². The maximum Gasteiger partial charge on any atom is 0.248 e. The Kier molecular flexibility index (Phi) is 2.54. The van der Waals surface area contributed by atoms with Crippen LogP contribution in [0.3, 0.4) is 0 Å².